The van der Waals surface area contributed by atoms with E-state index in [1.54, 1.807) is 11.9 Å². The molecule has 0 aromatic heterocycles. The predicted octanol–water partition coefficient (Wildman–Crippen LogP) is 1.55. The second kappa shape index (κ2) is 5.84. The Hall–Kier alpha value is -1.88. The number of rotatable bonds is 5. The molecule has 0 fully saturated rings. The molecule has 1 aliphatic rings. The van der Waals surface area contributed by atoms with E-state index in [1.165, 1.54) is 0 Å². The number of anilines is 1. The fourth-order valence-electron chi connectivity index (χ4n) is 2.34. The van der Waals surface area contributed by atoms with Crippen molar-refractivity contribution >= 4 is 17.6 Å². The predicted molar refractivity (Wildman–Crippen MR) is 72.1 cm³/mol. The minimum absolute atomic E-state index is 0.0197. The number of fused-ring (bicyclic) bond motifs is 1. The van der Waals surface area contributed by atoms with Gasteiger partial charge in [-0.15, -0.1) is 0 Å². The molecule has 2 rings (SSSR count). The van der Waals surface area contributed by atoms with Crippen LogP contribution in [0.2, 0.25) is 0 Å². The molecule has 19 heavy (non-hydrogen) atoms. The first kappa shape index (κ1) is 13.5. The van der Waals surface area contributed by atoms with Gasteiger partial charge in [0.05, 0.1) is 0 Å². The van der Waals surface area contributed by atoms with Crippen molar-refractivity contribution in [2.24, 2.45) is 0 Å². The zero-order valence-electron chi connectivity index (χ0n) is 10.9. The molecular weight excluding hydrogens is 244 g/mol. The van der Waals surface area contributed by atoms with Crippen molar-refractivity contribution in [3.05, 3.63) is 29.8 Å². The quantitative estimate of drug-likeness (QED) is 0.790. The number of nitrogens with one attached hydrogen (secondary N) is 1. The number of carbonyl (C=O) groups is 2. The molecule has 1 aliphatic heterocycles. The summed E-state index contributed by atoms with van der Waals surface area (Å²) in [5.74, 6) is -0.712. The zero-order valence-corrected chi connectivity index (χ0v) is 10.9. The lowest BCUT2D eigenvalue weighted by Gasteiger charge is -2.32. The first-order valence-electron chi connectivity index (χ1n) is 6.40. The lowest BCUT2D eigenvalue weighted by atomic mass is 9.96. The third-order valence-electron chi connectivity index (χ3n) is 3.38. The number of para-hydroxylation sites is 1. The first-order valence-corrected chi connectivity index (χ1v) is 6.40. The highest BCUT2D eigenvalue weighted by molar-refractivity contribution is 5.96. The fraction of sp³-hybridized carbons (Fsp3) is 0.429. The number of carbonyl (C=O) groups excluding carboxylic acids is 1. The number of hydrogen-bond acceptors (Lipinski definition) is 3. The molecule has 1 heterocycles. The van der Waals surface area contributed by atoms with E-state index in [0.717, 1.165) is 11.3 Å². The van der Waals surface area contributed by atoms with Crippen LogP contribution in [0, 0.1) is 0 Å². The molecule has 0 saturated heterocycles. The van der Waals surface area contributed by atoms with E-state index in [1.807, 2.05) is 24.3 Å². The van der Waals surface area contributed by atoms with Crippen LogP contribution in [0.3, 0.4) is 0 Å². The average molecular weight is 262 g/mol. The van der Waals surface area contributed by atoms with Crippen LogP contribution in [0.1, 0.15) is 30.9 Å². The number of nitrogens with zero attached hydrogens (tertiary/aromatic N) is 1. The maximum absolute atomic E-state index is 11.9. The topological polar surface area (TPSA) is 69.6 Å². The van der Waals surface area contributed by atoms with Gasteiger partial charge in [-0.2, -0.15) is 0 Å². The van der Waals surface area contributed by atoms with E-state index in [4.69, 9.17) is 5.11 Å². The molecule has 1 atom stereocenters. The van der Waals surface area contributed by atoms with Gasteiger partial charge in [-0.1, -0.05) is 18.2 Å². The lowest BCUT2D eigenvalue weighted by Crippen LogP contribution is -2.38. The summed E-state index contributed by atoms with van der Waals surface area (Å²) in [4.78, 5) is 24.0. The summed E-state index contributed by atoms with van der Waals surface area (Å²) in [6.45, 7) is 0.599. The second-order valence-corrected chi connectivity index (χ2v) is 4.72. The number of carboxylic acid groups (broad SMARTS) is 1. The summed E-state index contributed by atoms with van der Waals surface area (Å²) >= 11 is 0. The minimum atomic E-state index is -0.790. The molecule has 0 radical (unpaired) electrons. The monoisotopic (exact) mass is 262 g/mol. The van der Waals surface area contributed by atoms with Gasteiger partial charge >= 0.3 is 5.97 Å². The summed E-state index contributed by atoms with van der Waals surface area (Å²) in [5.41, 5.74) is 2.02. The number of amides is 1. The molecule has 1 aromatic carbocycles. The number of benzene rings is 1. The summed E-state index contributed by atoms with van der Waals surface area (Å²) in [5, 5.41) is 11.9. The van der Waals surface area contributed by atoms with Gasteiger partial charge in [-0.05, 0) is 24.6 Å². The molecule has 0 aliphatic carbocycles. The van der Waals surface area contributed by atoms with Crippen LogP contribution in [0.15, 0.2) is 24.3 Å². The number of hydrogen-bond donors (Lipinski definition) is 2. The van der Waals surface area contributed by atoms with E-state index in [0.29, 0.717) is 19.4 Å². The standard InChI is InChI=1S/C14H18N2O3/c1-16-12-6-3-2-5-10(12)11(9-13(16)17)15-8-4-7-14(18)19/h2-3,5-6,11,15H,4,7-9H2,1H3,(H,18,19). The molecule has 1 aromatic rings. The normalized spacial score (nSPS) is 18.3. The van der Waals surface area contributed by atoms with Gasteiger partial charge in [-0.25, -0.2) is 0 Å². The largest absolute Gasteiger partial charge is 0.481 e. The number of carboxylic acids is 1. The molecule has 2 N–H and O–H groups in total. The van der Waals surface area contributed by atoms with E-state index < -0.39 is 5.97 Å². The number of aliphatic carboxylic acids is 1. The zero-order chi connectivity index (χ0) is 13.8. The van der Waals surface area contributed by atoms with E-state index >= 15 is 0 Å². The van der Waals surface area contributed by atoms with E-state index in [-0.39, 0.29) is 18.4 Å². The van der Waals surface area contributed by atoms with Crippen molar-refractivity contribution in [1.29, 1.82) is 0 Å². The summed E-state index contributed by atoms with van der Waals surface area (Å²) in [6.07, 6.45) is 1.13. The molecule has 102 valence electrons. The molecule has 1 amide bonds. The third-order valence-corrected chi connectivity index (χ3v) is 3.38. The SMILES string of the molecule is CN1C(=O)CC(NCCCC(=O)O)c2ccccc21. The first-order chi connectivity index (χ1) is 9.09. The maximum Gasteiger partial charge on any atom is 0.303 e. The Morgan fingerprint density at radius 1 is 1.47 bits per heavy atom. The summed E-state index contributed by atoms with van der Waals surface area (Å²) in [7, 11) is 1.78. The highest BCUT2D eigenvalue weighted by Gasteiger charge is 2.28. The van der Waals surface area contributed by atoms with Crippen LogP contribution in [0.25, 0.3) is 0 Å². The van der Waals surface area contributed by atoms with Gasteiger partial charge in [0.1, 0.15) is 0 Å². The summed E-state index contributed by atoms with van der Waals surface area (Å²) in [6, 6.07) is 7.78. The minimum Gasteiger partial charge on any atom is -0.481 e. The Bertz CT molecular complexity index is 487. The van der Waals surface area contributed by atoms with Gasteiger partial charge in [-0.3, -0.25) is 9.59 Å². The van der Waals surface area contributed by atoms with Crippen molar-refractivity contribution in [3.63, 3.8) is 0 Å². The van der Waals surface area contributed by atoms with Crippen molar-refractivity contribution in [2.75, 3.05) is 18.5 Å². The van der Waals surface area contributed by atoms with E-state index in [9.17, 15) is 9.59 Å². The Morgan fingerprint density at radius 2 is 2.21 bits per heavy atom. The van der Waals surface area contributed by atoms with Crippen molar-refractivity contribution in [2.45, 2.75) is 25.3 Å². The Labute approximate surface area is 112 Å². The van der Waals surface area contributed by atoms with E-state index in [2.05, 4.69) is 5.32 Å². The van der Waals surface area contributed by atoms with Gasteiger partial charge in [0.25, 0.3) is 0 Å². The van der Waals surface area contributed by atoms with Crippen LogP contribution in [-0.4, -0.2) is 30.6 Å². The molecule has 0 spiro atoms. The van der Waals surface area contributed by atoms with Gasteiger partial charge in [0, 0.05) is 31.6 Å². The smallest absolute Gasteiger partial charge is 0.303 e. The average Bonchev–Trinajstić information content (AvgIpc) is 2.40. The highest BCUT2D eigenvalue weighted by atomic mass is 16.4. The van der Waals surface area contributed by atoms with Crippen molar-refractivity contribution < 1.29 is 14.7 Å². The fourth-order valence-corrected chi connectivity index (χ4v) is 2.34. The van der Waals surface area contributed by atoms with Crippen LogP contribution in [-0.2, 0) is 9.59 Å². The molecule has 5 heteroatoms. The summed E-state index contributed by atoms with van der Waals surface area (Å²) < 4.78 is 0. The molecule has 0 bridgehead atoms. The van der Waals surface area contributed by atoms with Gasteiger partial charge < -0.3 is 15.3 Å². The van der Waals surface area contributed by atoms with Crippen LogP contribution in [0.5, 0.6) is 0 Å². The van der Waals surface area contributed by atoms with Crippen LogP contribution >= 0.6 is 0 Å². The maximum atomic E-state index is 11.9. The Balaban J connectivity index is 2.03. The third kappa shape index (κ3) is 3.12. The Morgan fingerprint density at radius 3 is 2.95 bits per heavy atom. The molecule has 1 unspecified atom stereocenters. The Kier molecular flexibility index (Phi) is 4.16. The van der Waals surface area contributed by atoms with Gasteiger partial charge in [0.2, 0.25) is 5.91 Å². The van der Waals surface area contributed by atoms with Crippen LogP contribution < -0.4 is 10.2 Å². The second-order valence-electron chi connectivity index (χ2n) is 4.72. The highest BCUT2D eigenvalue weighted by Crippen LogP contribution is 2.33. The lowest BCUT2D eigenvalue weighted by molar-refractivity contribution is -0.137. The van der Waals surface area contributed by atoms with Crippen molar-refractivity contribution in [3.8, 4) is 0 Å². The van der Waals surface area contributed by atoms with Gasteiger partial charge in [0.15, 0.2) is 0 Å². The molecule has 5 nitrogen and oxygen atoms in total. The van der Waals surface area contributed by atoms with Crippen LogP contribution in [0.4, 0.5) is 5.69 Å². The molecular formula is C14H18N2O3. The van der Waals surface area contributed by atoms with Crippen molar-refractivity contribution in [1.82, 2.24) is 5.32 Å². The molecule has 0 saturated carbocycles.